The highest BCUT2D eigenvalue weighted by Gasteiger charge is 2.26. The summed E-state index contributed by atoms with van der Waals surface area (Å²) in [6.45, 7) is 0. The van der Waals surface area contributed by atoms with Crippen molar-refractivity contribution in [3.05, 3.63) is 83.6 Å². The molecule has 0 bridgehead atoms. The smallest absolute Gasteiger partial charge is 0.346 e. The van der Waals surface area contributed by atoms with Crippen LogP contribution in [0.5, 0.6) is 0 Å². The van der Waals surface area contributed by atoms with Crippen LogP contribution in [0.1, 0.15) is 9.67 Å². The standard InChI is InChI=1S/C20H13Cl2N3O6S2/c1-24(14-5-3-2-4-11(14)21)33(30,31)10-6-7-12(22)15(8-10)25-18(26)16-13(23-20(25)29)9-32-17(16)19(27)28/h2-9H,1H3,(H,23,29)(H,27,28). The van der Waals surface area contributed by atoms with Crippen LogP contribution in [0.25, 0.3) is 16.6 Å². The highest BCUT2D eigenvalue weighted by Crippen LogP contribution is 2.31. The number of aromatic nitrogens is 2. The first-order valence-electron chi connectivity index (χ1n) is 9.07. The molecule has 9 nitrogen and oxygen atoms in total. The zero-order valence-corrected chi connectivity index (χ0v) is 19.7. The van der Waals surface area contributed by atoms with Crippen LogP contribution < -0.4 is 15.6 Å². The van der Waals surface area contributed by atoms with E-state index in [1.54, 1.807) is 12.1 Å². The van der Waals surface area contributed by atoms with Gasteiger partial charge in [-0.25, -0.2) is 22.6 Å². The molecule has 33 heavy (non-hydrogen) atoms. The summed E-state index contributed by atoms with van der Waals surface area (Å²) >= 11 is 13.1. The van der Waals surface area contributed by atoms with Crippen molar-refractivity contribution in [2.24, 2.45) is 0 Å². The van der Waals surface area contributed by atoms with Gasteiger partial charge >= 0.3 is 11.7 Å². The zero-order chi connectivity index (χ0) is 24.1. The predicted octanol–water partition coefficient (Wildman–Crippen LogP) is 3.57. The van der Waals surface area contributed by atoms with Gasteiger partial charge in [0.05, 0.1) is 37.2 Å². The van der Waals surface area contributed by atoms with Gasteiger partial charge in [0, 0.05) is 12.4 Å². The number of hydrogen-bond acceptors (Lipinski definition) is 6. The average molecular weight is 526 g/mol. The van der Waals surface area contributed by atoms with Crippen molar-refractivity contribution in [2.45, 2.75) is 4.90 Å². The third-order valence-corrected chi connectivity index (χ3v) is 8.23. The zero-order valence-electron chi connectivity index (χ0n) is 16.6. The second-order valence-corrected chi connectivity index (χ2v) is 10.4. The Hall–Kier alpha value is -3.12. The van der Waals surface area contributed by atoms with Crippen LogP contribution in [-0.2, 0) is 10.0 Å². The maximum Gasteiger partial charge on any atom is 0.346 e. The van der Waals surface area contributed by atoms with E-state index in [2.05, 4.69) is 4.98 Å². The highest BCUT2D eigenvalue weighted by atomic mass is 35.5. The van der Waals surface area contributed by atoms with Crippen LogP contribution in [0.4, 0.5) is 5.69 Å². The summed E-state index contributed by atoms with van der Waals surface area (Å²) in [5.41, 5.74) is -1.79. The molecule has 2 N–H and O–H groups in total. The molecule has 0 atom stereocenters. The van der Waals surface area contributed by atoms with Gasteiger partial charge in [0.1, 0.15) is 4.88 Å². The lowest BCUT2D eigenvalue weighted by atomic mass is 10.2. The van der Waals surface area contributed by atoms with E-state index >= 15 is 0 Å². The van der Waals surface area contributed by atoms with Gasteiger partial charge in [0.25, 0.3) is 15.6 Å². The molecular weight excluding hydrogens is 513 g/mol. The van der Waals surface area contributed by atoms with Crippen molar-refractivity contribution in [3.63, 3.8) is 0 Å². The number of carbonyl (C=O) groups is 1. The molecule has 170 valence electrons. The van der Waals surface area contributed by atoms with Crippen molar-refractivity contribution in [1.29, 1.82) is 0 Å². The van der Waals surface area contributed by atoms with Crippen LogP contribution in [0.15, 0.2) is 62.3 Å². The molecule has 0 radical (unpaired) electrons. The van der Waals surface area contributed by atoms with Gasteiger partial charge in [-0.1, -0.05) is 35.3 Å². The quantitative estimate of drug-likeness (QED) is 0.409. The molecule has 0 saturated carbocycles. The summed E-state index contributed by atoms with van der Waals surface area (Å²) in [7, 11) is -2.86. The number of H-pyrrole nitrogens is 1. The summed E-state index contributed by atoms with van der Waals surface area (Å²) in [6, 6.07) is 9.84. The Bertz CT molecular complexity index is 1660. The largest absolute Gasteiger partial charge is 0.477 e. The molecular formula is C20H13Cl2N3O6S2. The highest BCUT2D eigenvalue weighted by molar-refractivity contribution is 7.92. The number of benzene rings is 2. The van der Waals surface area contributed by atoms with Gasteiger partial charge in [0.2, 0.25) is 0 Å². The normalized spacial score (nSPS) is 11.6. The lowest BCUT2D eigenvalue weighted by Gasteiger charge is -2.21. The lowest BCUT2D eigenvalue weighted by molar-refractivity contribution is 0.0704. The Morgan fingerprint density at radius 1 is 1.12 bits per heavy atom. The van der Waals surface area contributed by atoms with E-state index in [0.29, 0.717) is 4.57 Å². The third-order valence-electron chi connectivity index (χ3n) is 4.86. The monoisotopic (exact) mass is 525 g/mol. The van der Waals surface area contributed by atoms with Crippen LogP contribution in [0, 0.1) is 0 Å². The topological polar surface area (TPSA) is 130 Å². The number of hydrogen-bond donors (Lipinski definition) is 2. The molecule has 0 unspecified atom stereocenters. The molecule has 0 amide bonds. The molecule has 13 heteroatoms. The molecule has 0 saturated heterocycles. The third kappa shape index (κ3) is 3.82. The first-order chi connectivity index (χ1) is 15.5. The number of aromatic amines is 1. The van der Waals surface area contributed by atoms with Crippen molar-refractivity contribution in [3.8, 4) is 5.69 Å². The van der Waals surface area contributed by atoms with E-state index in [4.69, 9.17) is 23.2 Å². The second-order valence-electron chi connectivity index (χ2n) is 6.77. The molecule has 0 spiro atoms. The predicted molar refractivity (Wildman–Crippen MR) is 127 cm³/mol. The van der Waals surface area contributed by atoms with E-state index < -0.39 is 27.2 Å². The molecule has 0 aliphatic rings. The first kappa shape index (κ1) is 23.1. The molecule has 0 fully saturated rings. The van der Waals surface area contributed by atoms with Gasteiger partial charge in [0.15, 0.2) is 0 Å². The van der Waals surface area contributed by atoms with Gasteiger partial charge in [-0.2, -0.15) is 0 Å². The molecule has 2 aromatic heterocycles. The summed E-state index contributed by atoms with van der Waals surface area (Å²) in [5.74, 6) is -1.34. The molecule has 2 heterocycles. The Labute approximate surface area is 200 Å². The SMILES string of the molecule is CN(c1ccccc1Cl)S(=O)(=O)c1ccc(Cl)c(-n2c(=O)[nH]c3csc(C(=O)O)c3c2=O)c1. The number of carboxylic acid groups (broad SMARTS) is 1. The summed E-state index contributed by atoms with van der Waals surface area (Å²) in [4.78, 5) is 39.2. The van der Waals surface area contributed by atoms with Crippen LogP contribution >= 0.6 is 34.5 Å². The number of anilines is 1. The fraction of sp³-hybridized carbons (Fsp3) is 0.0500. The van der Waals surface area contributed by atoms with E-state index in [0.717, 1.165) is 21.7 Å². The van der Waals surface area contributed by atoms with Gasteiger partial charge < -0.3 is 10.1 Å². The number of carboxylic acids is 1. The first-order valence-corrected chi connectivity index (χ1v) is 12.1. The molecule has 4 rings (SSSR count). The molecule has 0 aliphatic carbocycles. The number of sulfonamides is 1. The van der Waals surface area contributed by atoms with Gasteiger partial charge in [-0.15, -0.1) is 11.3 Å². The molecule has 2 aromatic carbocycles. The average Bonchev–Trinajstić information content (AvgIpc) is 3.19. The maximum atomic E-state index is 13.2. The Balaban J connectivity index is 1.94. The summed E-state index contributed by atoms with van der Waals surface area (Å²) in [5, 5.41) is 10.6. The van der Waals surface area contributed by atoms with Crippen molar-refractivity contribution >= 4 is 67.1 Å². The number of aromatic carboxylic acids is 1. The Morgan fingerprint density at radius 3 is 2.48 bits per heavy atom. The van der Waals surface area contributed by atoms with Crippen LogP contribution in [0.3, 0.4) is 0 Å². The minimum atomic E-state index is -4.17. The molecule has 0 aliphatic heterocycles. The van der Waals surface area contributed by atoms with Crippen LogP contribution in [-0.4, -0.2) is 36.1 Å². The number of nitrogens with one attached hydrogen (secondary N) is 1. The van der Waals surface area contributed by atoms with Crippen molar-refractivity contribution < 1.29 is 18.3 Å². The number of halogens is 2. The van der Waals surface area contributed by atoms with E-state index in [1.165, 1.54) is 36.7 Å². The maximum absolute atomic E-state index is 13.2. The fourth-order valence-electron chi connectivity index (χ4n) is 3.23. The summed E-state index contributed by atoms with van der Waals surface area (Å²) < 4.78 is 28.0. The fourth-order valence-corrected chi connectivity index (χ4v) is 5.81. The van der Waals surface area contributed by atoms with Crippen LogP contribution in [0.2, 0.25) is 10.0 Å². The number of rotatable bonds is 5. The number of thiophene rings is 1. The van der Waals surface area contributed by atoms with Crippen molar-refractivity contribution in [2.75, 3.05) is 11.4 Å². The minimum Gasteiger partial charge on any atom is -0.477 e. The number of para-hydroxylation sites is 1. The second kappa shape index (κ2) is 8.34. The number of nitrogens with zero attached hydrogens (tertiary/aromatic N) is 2. The lowest BCUT2D eigenvalue weighted by Crippen LogP contribution is -2.34. The molecule has 4 aromatic rings. The summed E-state index contributed by atoms with van der Waals surface area (Å²) in [6.07, 6.45) is 0. The van der Waals surface area contributed by atoms with E-state index in [1.807, 2.05) is 0 Å². The minimum absolute atomic E-state index is 0.0574. The Kier molecular flexibility index (Phi) is 5.83. The van der Waals surface area contributed by atoms with Gasteiger partial charge in [-0.05, 0) is 30.3 Å². The van der Waals surface area contributed by atoms with E-state index in [9.17, 15) is 27.9 Å². The Morgan fingerprint density at radius 2 is 1.82 bits per heavy atom. The van der Waals surface area contributed by atoms with Gasteiger partial charge in [-0.3, -0.25) is 9.10 Å². The van der Waals surface area contributed by atoms with E-state index in [-0.39, 0.29) is 42.1 Å². The number of fused-ring (bicyclic) bond motifs is 1. The van der Waals surface area contributed by atoms with Crippen molar-refractivity contribution in [1.82, 2.24) is 9.55 Å².